The average Bonchev–Trinajstić information content (AvgIpc) is 3.01. The van der Waals surface area contributed by atoms with Gasteiger partial charge in [0, 0.05) is 5.69 Å². The van der Waals surface area contributed by atoms with Crippen molar-refractivity contribution in [1.29, 1.82) is 0 Å². The van der Waals surface area contributed by atoms with Crippen LogP contribution in [0, 0.1) is 0 Å². The van der Waals surface area contributed by atoms with E-state index in [0.29, 0.717) is 0 Å². The second-order valence-electron chi connectivity index (χ2n) is 5.30. The van der Waals surface area contributed by atoms with E-state index in [2.05, 4.69) is 22.8 Å². The third-order valence-corrected chi connectivity index (χ3v) is 3.92. The third kappa shape index (κ3) is 2.27. The predicted octanol–water partition coefficient (Wildman–Crippen LogP) is 4.70. The van der Waals surface area contributed by atoms with Gasteiger partial charge in [-0.1, -0.05) is 42.5 Å². The molecule has 0 bridgehead atoms. The standard InChI is InChI=1S/C20H16N2O/c1-23-19-14-8-5-11-16(19)20-21-17-12-6-7-13-18(17)22(20)15-9-3-2-4-10-15/h2-14H,1H3. The van der Waals surface area contributed by atoms with Crippen molar-refractivity contribution in [3.63, 3.8) is 0 Å². The van der Waals surface area contributed by atoms with Gasteiger partial charge in [0.25, 0.3) is 0 Å². The van der Waals surface area contributed by atoms with E-state index < -0.39 is 0 Å². The lowest BCUT2D eigenvalue weighted by atomic mass is 10.2. The molecule has 112 valence electrons. The van der Waals surface area contributed by atoms with Crippen molar-refractivity contribution in [1.82, 2.24) is 9.55 Å². The van der Waals surface area contributed by atoms with E-state index in [1.807, 2.05) is 60.7 Å². The van der Waals surface area contributed by atoms with Crippen LogP contribution in [0.25, 0.3) is 28.1 Å². The van der Waals surface area contributed by atoms with E-state index in [9.17, 15) is 0 Å². The van der Waals surface area contributed by atoms with Gasteiger partial charge in [0.1, 0.15) is 11.6 Å². The minimum Gasteiger partial charge on any atom is -0.496 e. The minimum atomic E-state index is 0.819. The van der Waals surface area contributed by atoms with Gasteiger partial charge in [0.15, 0.2) is 0 Å². The smallest absolute Gasteiger partial charge is 0.149 e. The van der Waals surface area contributed by atoms with Gasteiger partial charge in [-0.2, -0.15) is 0 Å². The zero-order valence-electron chi connectivity index (χ0n) is 12.8. The Kier molecular flexibility index (Phi) is 3.31. The van der Waals surface area contributed by atoms with Crippen molar-refractivity contribution >= 4 is 11.0 Å². The van der Waals surface area contributed by atoms with E-state index >= 15 is 0 Å². The largest absolute Gasteiger partial charge is 0.496 e. The maximum atomic E-state index is 5.53. The summed E-state index contributed by atoms with van der Waals surface area (Å²) in [4.78, 5) is 4.85. The molecule has 1 heterocycles. The first-order valence-electron chi connectivity index (χ1n) is 7.55. The van der Waals surface area contributed by atoms with Crippen molar-refractivity contribution in [3.05, 3.63) is 78.9 Å². The van der Waals surface area contributed by atoms with Crippen LogP contribution in [0.1, 0.15) is 0 Å². The highest BCUT2D eigenvalue weighted by atomic mass is 16.5. The highest BCUT2D eigenvalue weighted by Gasteiger charge is 2.16. The second kappa shape index (κ2) is 5.61. The normalized spacial score (nSPS) is 10.8. The molecule has 0 amide bonds. The highest BCUT2D eigenvalue weighted by molar-refractivity contribution is 5.84. The fraction of sp³-hybridized carbons (Fsp3) is 0.0500. The zero-order valence-corrected chi connectivity index (χ0v) is 12.8. The van der Waals surface area contributed by atoms with Crippen LogP contribution in [0.2, 0.25) is 0 Å². The van der Waals surface area contributed by atoms with Gasteiger partial charge in [0.2, 0.25) is 0 Å². The van der Waals surface area contributed by atoms with E-state index in [1.165, 1.54) is 0 Å². The quantitative estimate of drug-likeness (QED) is 0.548. The van der Waals surface area contributed by atoms with Crippen LogP contribution in [0.4, 0.5) is 0 Å². The Bertz CT molecular complexity index is 958. The molecule has 3 aromatic carbocycles. The van der Waals surface area contributed by atoms with E-state index in [1.54, 1.807) is 7.11 Å². The number of para-hydroxylation sites is 4. The van der Waals surface area contributed by atoms with E-state index in [-0.39, 0.29) is 0 Å². The molecular formula is C20H16N2O. The summed E-state index contributed by atoms with van der Waals surface area (Å²) in [5.74, 6) is 1.70. The SMILES string of the molecule is COc1ccccc1-c1nc2ccccc2n1-c1ccccc1. The fourth-order valence-corrected chi connectivity index (χ4v) is 2.87. The van der Waals surface area contributed by atoms with E-state index in [4.69, 9.17) is 9.72 Å². The van der Waals surface area contributed by atoms with Crippen LogP contribution in [-0.2, 0) is 0 Å². The predicted molar refractivity (Wildman–Crippen MR) is 93.1 cm³/mol. The number of hydrogen-bond acceptors (Lipinski definition) is 2. The third-order valence-electron chi connectivity index (χ3n) is 3.92. The molecule has 0 fully saturated rings. The van der Waals surface area contributed by atoms with Crippen LogP contribution < -0.4 is 4.74 Å². The Labute approximate surface area is 134 Å². The number of hydrogen-bond donors (Lipinski definition) is 0. The van der Waals surface area contributed by atoms with Gasteiger partial charge in [-0.05, 0) is 36.4 Å². The first-order chi connectivity index (χ1) is 11.4. The molecule has 0 saturated carbocycles. The Morgan fingerprint density at radius 1 is 0.783 bits per heavy atom. The summed E-state index contributed by atoms with van der Waals surface area (Å²) in [6.45, 7) is 0. The van der Waals surface area contributed by atoms with Crippen LogP contribution in [0.3, 0.4) is 0 Å². The summed E-state index contributed by atoms with van der Waals surface area (Å²) in [5.41, 5.74) is 4.12. The summed E-state index contributed by atoms with van der Waals surface area (Å²) < 4.78 is 7.71. The molecule has 0 N–H and O–H groups in total. The van der Waals surface area contributed by atoms with Crippen LogP contribution in [-0.4, -0.2) is 16.7 Å². The molecule has 23 heavy (non-hydrogen) atoms. The van der Waals surface area contributed by atoms with Gasteiger partial charge in [-0.25, -0.2) is 4.98 Å². The molecule has 0 aliphatic carbocycles. The Balaban J connectivity index is 2.07. The summed E-state index contributed by atoms with van der Waals surface area (Å²) >= 11 is 0. The van der Waals surface area contributed by atoms with Gasteiger partial charge in [-0.3, -0.25) is 4.57 Å². The summed E-state index contributed by atoms with van der Waals surface area (Å²) in [6, 6.07) is 26.4. The monoisotopic (exact) mass is 300 g/mol. The Morgan fingerprint density at radius 2 is 1.48 bits per heavy atom. The molecule has 3 nitrogen and oxygen atoms in total. The van der Waals surface area contributed by atoms with Crippen LogP contribution in [0.15, 0.2) is 78.9 Å². The molecular weight excluding hydrogens is 284 g/mol. The maximum absolute atomic E-state index is 5.53. The number of ether oxygens (including phenoxy) is 1. The van der Waals surface area contributed by atoms with Gasteiger partial charge in [0.05, 0.1) is 23.7 Å². The lowest BCUT2D eigenvalue weighted by molar-refractivity contribution is 0.416. The summed E-state index contributed by atoms with van der Waals surface area (Å²) in [7, 11) is 1.69. The number of nitrogens with zero attached hydrogens (tertiary/aromatic N) is 2. The number of benzene rings is 3. The number of fused-ring (bicyclic) bond motifs is 1. The van der Waals surface area contributed by atoms with Gasteiger partial charge >= 0.3 is 0 Å². The molecule has 0 saturated heterocycles. The molecule has 3 heteroatoms. The first kappa shape index (κ1) is 13.6. The topological polar surface area (TPSA) is 27.1 Å². The molecule has 0 aliphatic rings. The van der Waals surface area contributed by atoms with Crippen molar-refractivity contribution in [3.8, 4) is 22.8 Å². The molecule has 0 aliphatic heterocycles. The number of aromatic nitrogens is 2. The average molecular weight is 300 g/mol. The Hall–Kier alpha value is -3.07. The van der Waals surface area contributed by atoms with Crippen LogP contribution in [0.5, 0.6) is 5.75 Å². The molecule has 1 aromatic heterocycles. The number of rotatable bonds is 3. The highest BCUT2D eigenvalue weighted by Crippen LogP contribution is 2.33. The molecule has 0 radical (unpaired) electrons. The van der Waals surface area contributed by atoms with Gasteiger partial charge < -0.3 is 4.74 Å². The second-order valence-corrected chi connectivity index (χ2v) is 5.30. The Morgan fingerprint density at radius 3 is 2.30 bits per heavy atom. The number of imidazole rings is 1. The van der Waals surface area contributed by atoms with Crippen molar-refractivity contribution in [2.24, 2.45) is 0 Å². The van der Waals surface area contributed by atoms with Crippen molar-refractivity contribution < 1.29 is 4.74 Å². The molecule has 0 atom stereocenters. The molecule has 4 rings (SSSR count). The van der Waals surface area contributed by atoms with Crippen LogP contribution >= 0.6 is 0 Å². The van der Waals surface area contributed by atoms with Crippen molar-refractivity contribution in [2.45, 2.75) is 0 Å². The molecule has 4 aromatic rings. The lowest BCUT2D eigenvalue weighted by Crippen LogP contribution is -1.98. The summed E-state index contributed by atoms with van der Waals surface area (Å²) in [5, 5.41) is 0. The minimum absolute atomic E-state index is 0.819. The maximum Gasteiger partial charge on any atom is 0.149 e. The zero-order chi connectivity index (χ0) is 15.6. The lowest BCUT2D eigenvalue weighted by Gasteiger charge is -2.12. The van der Waals surface area contributed by atoms with E-state index in [0.717, 1.165) is 33.9 Å². The molecule has 0 unspecified atom stereocenters. The van der Waals surface area contributed by atoms with Crippen molar-refractivity contribution in [2.75, 3.05) is 7.11 Å². The van der Waals surface area contributed by atoms with Gasteiger partial charge in [-0.15, -0.1) is 0 Å². The number of methoxy groups -OCH3 is 1. The summed E-state index contributed by atoms with van der Waals surface area (Å²) in [6.07, 6.45) is 0. The molecule has 0 spiro atoms. The fourth-order valence-electron chi connectivity index (χ4n) is 2.87. The first-order valence-corrected chi connectivity index (χ1v) is 7.55.